The van der Waals surface area contributed by atoms with E-state index < -0.39 is 0 Å². The lowest BCUT2D eigenvalue weighted by atomic mass is 10.1. The molecule has 0 aromatic carbocycles. The van der Waals surface area contributed by atoms with E-state index in [2.05, 4.69) is 22.1 Å². The molecule has 5 heteroatoms. The Labute approximate surface area is 114 Å². The van der Waals surface area contributed by atoms with Gasteiger partial charge in [-0.1, -0.05) is 13.3 Å². The summed E-state index contributed by atoms with van der Waals surface area (Å²) in [6.45, 7) is 3.32. The van der Waals surface area contributed by atoms with Gasteiger partial charge >= 0.3 is 0 Å². The van der Waals surface area contributed by atoms with Crippen molar-refractivity contribution in [3.05, 3.63) is 11.1 Å². The molecule has 0 saturated heterocycles. The molecule has 0 spiro atoms. The number of nitrogens with one attached hydrogen (secondary N) is 1. The topological polar surface area (TPSA) is 28.2 Å². The van der Waals surface area contributed by atoms with Gasteiger partial charge in [-0.3, -0.25) is 0 Å². The second-order valence-corrected chi connectivity index (χ2v) is 5.99. The summed E-state index contributed by atoms with van der Waals surface area (Å²) in [5.74, 6) is 0.834. The van der Waals surface area contributed by atoms with Crippen LogP contribution >= 0.6 is 23.7 Å². The Morgan fingerprint density at radius 3 is 2.76 bits per heavy atom. The molecular formula is C12H22ClN3S. The number of anilines is 1. The van der Waals surface area contributed by atoms with Gasteiger partial charge in [0.25, 0.3) is 0 Å². The minimum atomic E-state index is 0. The van der Waals surface area contributed by atoms with Crippen LogP contribution in [0, 0.1) is 5.92 Å². The van der Waals surface area contributed by atoms with Crippen molar-refractivity contribution in [2.75, 3.05) is 19.0 Å². The van der Waals surface area contributed by atoms with E-state index in [-0.39, 0.29) is 12.4 Å². The SMILES string of the molecule is CC1CCCC1NCc1cnc(N(C)C)s1.Cl. The molecular weight excluding hydrogens is 254 g/mol. The monoisotopic (exact) mass is 275 g/mol. The smallest absolute Gasteiger partial charge is 0.185 e. The van der Waals surface area contributed by atoms with Crippen LogP contribution in [-0.2, 0) is 6.54 Å². The van der Waals surface area contributed by atoms with E-state index in [0.29, 0.717) is 6.04 Å². The number of hydrogen-bond acceptors (Lipinski definition) is 4. The highest BCUT2D eigenvalue weighted by molar-refractivity contribution is 7.15. The zero-order valence-electron chi connectivity index (χ0n) is 10.8. The highest BCUT2D eigenvalue weighted by atomic mass is 35.5. The van der Waals surface area contributed by atoms with Gasteiger partial charge < -0.3 is 10.2 Å². The summed E-state index contributed by atoms with van der Waals surface area (Å²) in [6, 6.07) is 0.713. The molecule has 1 saturated carbocycles. The number of rotatable bonds is 4. The second kappa shape index (κ2) is 6.57. The molecule has 2 atom stereocenters. The van der Waals surface area contributed by atoms with Crippen molar-refractivity contribution in [2.45, 2.75) is 38.8 Å². The lowest BCUT2D eigenvalue weighted by molar-refractivity contribution is 0.427. The van der Waals surface area contributed by atoms with Gasteiger partial charge in [-0.15, -0.1) is 23.7 Å². The molecule has 0 radical (unpaired) electrons. The van der Waals surface area contributed by atoms with E-state index in [4.69, 9.17) is 0 Å². The third-order valence-electron chi connectivity index (χ3n) is 3.32. The molecule has 1 N–H and O–H groups in total. The van der Waals surface area contributed by atoms with Crippen molar-refractivity contribution in [1.29, 1.82) is 0 Å². The van der Waals surface area contributed by atoms with Crippen LogP contribution in [0.2, 0.25) is 0 Å². The van der Waals surface area contributed by atoms with Gasteiger partial charge in [-0.25, -0.2) is 4.98 Å². The van der Waals surface area contributed by atoms with Gasteiger partial charge in [0.1, 0.15) is 0 Å². The fourth-order valence-electron chi connectivity index (χ4n) is 2.27. The molecule has 0 bridgehead atoms. The first-order valence-electron chi connectivity index (χ1n) is 6.02. The molecule has 2 rings (SSSR count). The maximum absolute atomic E-state index is 4.38. The minimum Gasteiger partial charge on any atom is -0.354 e. The Bertz CT molecular complexity index is 340. The van der Waals surface area contributed by atoms with Crippen molar-refractivity contribution in [1.82, 2.24) is 10.3 Å². The first-order valence-corrected chi connectivity index (χ1v) is 6.84. The first-order chi connectivity index (χ1) is 7.66. The molecule has 3 nitrogen and oxygen atoms in total. The van der Waals surface area contributed by atoms with Crippen molar-refractivity contribution in [3.8, 4) is 0 Å². The van der Waals surface area contributed by atoms with Crippen molar-refractivity contribution >= 4 is 28.9 Å². The van der Waals surface area contributed by atoms with Gasteiger partial charge in [0, 0.05) is 37.8 Å². The van der Waals surface area contributed by atoms with E-state index in [1.165, 1.54) is 24.1 Å². The maximum Gasteiger partial charge on any atom is 0.185 e. The highest BCUT2D eigenvalue weighted by Gasteiger charge is 2.22. The average molecular weight is 276 g/mol. The Hall–Kier alpha value is -0.320. The second-order valence-electron chi connectivity index (χ2n) is 4.90. The van der Waals surface area contributed by atoms with Crippen molar-refractivity contribution in [2.24, 2.45) is 5.92 Å². The molecule has 1 aromatic heterocycles. The number of halogens is 1. The van der Waals surface area contributed by atoms with Crippen LogP contribution in [0.15, 0.2) is 6.20 Å². The number of hydrogen-bond donors (Lipinski definition) is 1. The van der Waals surface area contributed by atoms with Crippen LogP contribution in [0.25, 0.3) is 0 Å². The Kier molecular flexibility index (Phi) is 5.70. The molecule has 98 valence electrons. The predicted octanol–water partition coefficient (Wildman–Crippen LogP) is 2.91. The average Bonchev–Trinajstić information content (AvgIpc) is 2.83. The largest absolute Gasteiger partial charge is 0.354 e. The lowest BCUT2D eigenvalue weighted by Crippen LogP contribution is -2.30. The van der Waals surface area contributed by atoms with Crippen LogP contribution in [0.3, 0.4) is 0 Å². The Morgan fingerprint density at radius 1 is 1.47 bits per heavy atom. The van der Waals surface area contributed by atoms with Gasteiger partial charge in [0.05, 0.1) is 0 Å². The third-order valence-corrected chi connectivity index (χ3v) is 4.49. The van der Waals surface area contributed by atoms with Crippen LogP contribution in [0.5, 0.6) is 0 Å². The van der Waals surface area contributed by atoms with Gasteiger partial charge in [-0.2, -0.15) is 0 Å². The summed E-state index contributed by atoms with van der Waals surface area (Å²) in [5, 5.41) is 4.75. The number of thiazole rings is 1. The van der Waals surface area contributed by atoms with E-state index in [1.54, 1.807) is 11.3 Å². The van der Waals surface area contributed by atoms with Crippen LogP contribution in [0.4, 0.5) is 5.13 Å². The highest BCUT2D eigenvalue weighted by Crippen LogP contribution is 2.26. The standard InChI is InChI=1S/C12H21N3S.ClH/c1-9-5-4-6-11(9)13-7-10-8-14-12(16-10)15(2)3;/h8-9,11,13H,4-7H2,1-3H3;1H. The summed E-state index contributed by atoms with van der Waals surface area (Å²) >= 11 is 1.78. The first kappa shape index (κ1) is 14.7. The maximum atomic E-state index is 4.38. The summed E-state index contributed by atoms with van der Waals surface area (Å²) in [4.78, 5) is 7.78. The fraction of sp³-hybridized carbons (Fsp3) is 0.750. The molecule has 1 fully saturated rings. The van der Waals surface area contributed by atoms with Gasteiger partial charge in [0.2, 0.25) is 0 Å². The molecule has 1 aliphatic rings. The third kappa shape index (κ3) is 3.83. The lowest BCUT2D eigenvalue weighted by Gasteiger charge is -2.16. The van der Waals surface area contributed by atoms with E-state index >= 15 is 0 Å². The summed E-state index contributed by atoms with van der Waals surface area (Å²) in [7, 11) is 4.07. The molecule has 1 aliphatic carbocycles. The van der Waals surface area contributed by atoms with Gasteiger partial charge in [-0.05, 0) is 18.8 Å². The summed E-state index contributed by atoms with van der Waals surface area (Å²) < 4.78 is 0. The zero-order valence-corrected chi connectivity index (χ0v) is 12.4. The summed E-state index contributed by atoms with van der Waals surface area (Å²) in [5.41, 5.74) is 0. The molecule has 0 aliphatic heterocycles. The molecule has 1 aromatic rings. The van der Waals surface area contributed by atoms with E-state index in [1.807, 2.05) is 20.3 Å². The zero-order chi connectivity index (χ0) is 11.5. The normalized spacial score (nSPS) is 23.5. The van der Waals surface area contributed by atoms with Crippen molar-refractivity contribution < 1.29 is 0 Å². The molecule has 2 unspecified atom stereocenters. The van der Waals surface area contributed by atoms with E-state index in [0.717, 1.165) is 17.6 Å². The predicted molar refractivity (Wildman–Crippen MR) is 77.3 cm³/mol. The Morgan fingerprint density at radius 2 is 2.24 bits per heavy atom. The fourth-order valence-corrected chi connectivity index (χ4v) is 3.05. The van der Waals surface area contributed by atoms with Crippen LogP contribution < -0.4 is 10.2 Å². The quantitative estimate of drug-likeness (QED) is 0.916. The number of aromatic nitrogens is 1. The van der Waals surface area contributed by atoms with Crippen LogP contribution in [0.1, 0.15) is 31.1 Å². The van der Waals surface area contributed by atoms with E-state index in [9.17, 15) is 0 Å². The van der Waals surface area contributed by atoms with Crippen LogP contribution in [-0.4, -0.2) is 25.1 Å². The molecule has 0 amide bonds. The minimum absolute atomic E-state index is 0. The van der Waals surface area contributed by atoms with Gasteiger partial charge in [0.15, 0.2) is 5.13 Å². The number of nitrogens with zero attached hydrogens (tertiary/aromatic N) is 2. The van der Waals surface area contributed by atoms with Crippen molar-refractivity contribution in [3.63, 3.8) is 0 Å². The summed E-state index contributed by atoms with van der Waals surface area (Å²) in [6.07, 6.45) is 6.08. The molecule has 1 heterocycles. The Balaban J connectivity index is 0.00000144. The molecule has 17 heavy (non-hydrogen) atoms.